The second kappa shape index (κ2) is 8.01. The Morgan fingerprint density at radius 1 is 1.23 bits per heavy atom. The first-order chi connectivity index (χ1) is 12.6. The Labute approximate surface area is 153 Å². The molecule has 1 N–H and O–H groups in total. The number of methoxy groups -OCH3 is 1. The van der Waals surface area contributed by atoms with Gasteiger partial charge in [-0.2, -0.15) is 0 Å². The molecule has 2 aromatic rings. The van der Waals surface area contributed by atoms with E-state index >= 15 is 0 Å². The Hall–Kier alpha value is -2.86. The zero-order valence-corrected chi connectivity index (χ0v) is 15.3. The number of likely N-dealkylation sites (N-methyl/N-ethyl adjacent to an activating group) is 1. The van der Waals surface area contributed by atoms with Crippen LogP contribution in [0.2, 0.25) is 0 Å². The average molecular weight is 353 g/mol. The summed E-state index contributed by atoms with van der Waals surface area (Å²) in [5.41, 5.74) is 2.31. The number of carbonyl (C=O) groups is 1. The molecule has 6 nitrogen and oxygen atoms in total. The van der Waals surface area contributed by atoms with Gasteiger partial charge in [-0.1, -0.05) is 19.1 Å². The van der Waals surface area contributed by atoms with Crippen molar-refractivity contribution in [1.29, 1.82) is 0 Å². The zero-order chi connectivity index (χ0) is 18.5. The number of benzene rings is 2. The molecule has 0 saturated carbocycles. The van der Waals surface area contributed by atoms with Gasteiger partial charge in [-0.15, -0.1) is 0 Å². The van der Waals surface area contributed by atoms with Crippen molar-refractivity contribution in [3.05, 3.63) is 48.0 Å². The number of nitrogens with zero attached hydrogens (tertiary/aromatic N) is 2. The van der Waals surface area contributed by atoms with Crippen LogP contribution in [-0.2, 0) is 9.53 Å². The van der Waals surface area contributed by atoms with Crippen LogP contribution in [-0.4, -0.2) is 44.0 Å². The van der Waals surface area contributed by atoms with Gasteiger partial charge < -0.3 is 19.7 Å². The molecule has 0 spiro atoms. The first-order valence-corrected chi connectivity index (χ1v) is 8.62. The lowest BCUT2D eigenvalue weighted by atomic mass is 10.1. The van der Waals surface area contributed by atoms with E-state index in [2.05, 4.69) is 5.32 Å². The second-order valence-corrected chi connectivity index (χ2v) is 6.03. The number of nitrogens with one attached hydrogen (secondary N) is 1. The van der Waals surface area contributed by atoms with Crippen molar-refractivity contribution >= 4 is 23.1 Å². The molecule has 6 heteroatoms. The number of rotatable bonds is 5. The largest absolute Gasteiger partial charge is 0.454 e. The highest BCUT2D eigenvalue weighted by molar-refractivity contribution is 6.05. The standard InChI is InChI=1S/C20H23N3O3/c1-4-19(24)21-14-9-10-17-15(13-14)20(23(2)11-12-25-3)22-16-7-5-6-8-18(16)26-17/h5-10,13H,4,11-12H2,1-3H3,(H,21,24). The highest BCUT2D eigenvalue weighted by atomic mass is 16.5. The lowest BCUT2D eigenvalue weighted by Crippen LogP contribution is -2.30. The summed E-state index contributed by atoms with van der Waals surface area (Å²) in [4.78, 5) is 18.6. The Morgan fingerprint density at radius 3 is 2.81 bits per heavy atom. The molecule has 0 aromatic heterocycles. The summed E-state index contributed by atoms with van der Waals surface area (Å²) in [6.45, 7) is 3.09. The topological polar surface area (TPSA) is 63.2 Å². The first kappa shape index (κ1) is 17.9. The van der Waals surface area contributed by atoms with Gasteiger partial charge in [0.1, 0.15) is 17.3 Å². The SMILES string of the molecule is CCC(=O)Nc1ccc2c(c1)C(N(C)CCOC)=Nc1ccccc1O2. The Bertz CT molecular complexity index is 833. The van der Waals surface area contributed by atoms with Gasteiger partial charge >= 0.3 is 0 Å². The average Bonchev–Trinajstić information content (AvgIpc) is 2.82. The number of para-hydroxylation sites is 2. The zero-order valence-electron chi connectivity index (χ0n) is 15.3. The van der Waals surface area contributed by atoms with Crippen molar-refractivity contribution in [2.75, 3.05) is 32.6 Å². The molecule has 1 amide bonds. The summed E-state index contributed by atoms with van der Waals surface area (Å²) in [6, 6.07) is 13.3. The Morgan fingerprint density at radius 2 is 2.04 bits per heavy atom. The van der Waals surface area contributed by atoms with Crippen LogP contribution in [0.5, 0.6) is 11.5 Å². The molecule has 0 fully saturated rings. The maximum Gasteiger partial charge on any atom is 0.224 e. The summed E-state index contributed by atoms with van der Waals surface area (Å²) >= 11 is 0. The van der Waals surface area contributed by atoms with Crippen LogP contribution in [0.25, 0.3) is 0 Å². The molecule has 0 radical (unpaired) electrons. The Kier molecular flexibility index (Phi) is 5.53. The van der Waals surface area contributed by atoms with Gasteiger partial charge in [-0.3, -0.25) is 4.79 Å². The lowest BCUT2D eigenvalue weighted by Gasteiger charge is -2.22. The minimum absolute atomic E-state index is 0.0333. The van der Waals surface area contributed by atoms with E-state index in [0.29, 0.717) is 31.1 Å². The summed E-state index contributed by atoms with van der Waals surface area (Å²) in [7, 11) is 3.64. The minimum Gasteiger partial charge on any atom is -0.454 e. The van der Waals surface area contributed by atoms with Crippen LogP contribution in [0.4, 0.5) is 11.4 Å². The molecule has 1 aliphatic rings. The van der Waals surface area contributed by atoms with E-state index in [0.717, 1.165) is 22.8 Å². The number of carbonyl (C=O) groups excluding carboxylic acids is 1. The molecule has 0 unspecified atom stereocenters. The number of ether oxygens (including phenoxy) is 2. The number of amides is 1. The molecule has 136 valence electrons. The van der Waals surface area contributed by atoms with Crippen LogP contribution in [0.1, 0.15) is 18.9 Å². The molecule has 0 aliphatic carbocycles. The molecule has 0 bridgehead atoms. The smallest absolute Gasteiger partial charge is 0.224 e. The molecule has 1 heterocycles. The number of anilines is 1. The van der Waals surface area contributed by atoms with Crippen molar-refractivity contribution in [1.82, 2.24) is 4.90 Å². The summed E-state index contributed by atoms with van der Waals surface area (Å²) in [5, 5.41) is 2.89. The predicted octanol–water partition coefficient (Wildman–Crippen LogP) is 3.80. The molecule has 26 heavy (non-hydrogen) atoms. The van der Waals surface area contributed by atoms with E-state index in [9.17, 15) is 4.79 Å². The van der Waals surface area contributed by atoms with Gasteiger partial charge in [0.2, 0.25) is 5.91 Å². The molecular weight excluding hydrogens is 330 g/mol. The third-order valence-corrected chi connectivity index (χ3v) is 4.13. The van der Waals surface area contributed by atoms with Crippen molar-refractivity contribution in [3.63, 3.8) is 0 Å². The molecular formula is C20H23N3O3. The van der Waals surface area contributed by atoms with Crippen molar-refractivity contribution < 1.29 is 14.3 Å². The van der Waals surface area contributed by atoms with Crippen LogP contribution < -0.4 is 10.1 Å². The number of aliphatic imine (C=N–C) groups is 1. The van der Waals surface area contributed by atoms with Crippen LogP contribution in [0.3, 0.4) is 0 Å². The molecule has 3 rings (SSSR count). The minimum atomic E-state index is -0.0333. The van der Waals surface area contributed by atoms with Gasteiger partial charge in [0.25, 0.3) is 0 Å². The molecule has 0 saturated heterocycles. The summed E-state index contributed by atoms with van der Waals surface area (Å²) in [6.07, 6.45) is 0.424. The lowest BCUT2D eigenvalue weighted by molar-refractivity contribution is -0.115. The highest BCUT2D eigenvalue weighted by Crippen LogP contribution is 2.38. The fourth-order valence-corrected chi connectivity index (χ4v) is 2.67. The van der Waals surface area contributed by atoms with Gasteiger partial charge in [0.15, 0.2) is 5.75 Å². The molecule has 2 aromatic carbocycles. The van der Waals surface area contributed by atoms with Gasteiger partial charge in [-0.05, 0) is 30.3 Å². The summed E-state index contributed by atoms with van der Waals surface area (Å²) < 4.78 is 11.3. The first-order valence-electron chi connectivity index (χ1n) is 8.62. The van der Waals surface area contributed by atoms with Gasteiger partial charge in [0.05, 0.1) is 12.2 Å². The van der Waals surface area contributed by atoms with E-state index in [1.165, 1.54) is 0 Å². The number of amidine groups is 1. The Balaban J connectivity index is 2.06. The number of hydrogen-bond acceptors (Lipinski definition) is 5. The van der Waals surface area contributed by atoms with Crippen LogP contribution in [0, 0.1) is 0 Å². The fourth-order valence-electron chi connectivity index (χ4n) is 2.67. The number of hydrogen-bond donors (Lipinski definition) is 1. The van der Waals surface area contributed by atoms with Crippen molar-refractivity contribution in [2.45, 2.75) is 13.3 Å². The quantitative estimate of drug-likeness (QED) is 0.888. The molecule has 1 aliphatic heterocycles. The van der Waals surface area contributed by atoms with Crippen LogP contribution >= 0.6 is 0 Å². The summed E-state index contributed by atoms with van der Waals surface area (Å²) in [5.74, 6) is 2.14. The molecule has 0 atom stereocenters. The maximum atomic E-state index is 11.8. The van der Waals surface area contributed by atoms with E-state index in [-0.39, 0.29) is 5.91 Å². The van der Waals surface area contributed by atoms with Gasteiger partial charge in [0, 0.05) is 32.8 Å². The van der Waals surface area contributed by atoms with Crippen LogP contribution in [0.15, 0.2) is 47.5 Å². The third-order valence-electron chi connectivity index (χ3n) is 4.13. The van der Waals surface area contributed by atoms with E-state index < -0.39 is 0 Å². The fraction of sp³-hybridized carbons (Fsp3) is 0.300. The van der Waals surface area contributed by atoms with Crippen molar-refractivity contribution in [3.8, 4) is 11.5 Å². The van der Waals surface area contributed by atoms with E-state index in [1.54, 1.807) is 7.11 Å². The maximum absolute atomic E-state index is 11.8. The van der Waals surface area contributed by atoms with Crippen molar-refractivity contribution in [2.24, 2.45) is 4.99 Å². The van der Waals surface area contributed by atoms with E-state index in [4.69, 9.17) is 14.5 Å². The van der Waals surface area contributed by atoms with E-state index in [1.807, 2.05) is 61.3 Å². The van der Waals surface area contributed by atoms with Gasteiger partial charge in [-0.25, -0.2) is 4.99 Å². The second-order valence-electron chi connectivity index (χ2n) is 6.03. The normalized spacial score (nSPS) is 12.2. The monoisotopic (exact) mass is 353 g/mol. The highest BCUT2D eigenvalue weighted by Gasteiger charge is 2.21. The number of fused-ring (bicyclic) bond motifs is 2. The predicted molar refractivity (Wildman–Crippen MR) is 103 cm³/mol. The third kappa shape index (κ3) is 3.86.